The summed E-state index contributed by atoms with van der Waals surface area (Å²) in [6, 6.07) is 5.48. The van der Waals surface area contributed by atoms with Crippen molar-refractivity contribution in [3.05, 3.63) is 40.3 Å². The monoisotopic (exact) mass is 263 g/mol. The molecule has 0 radical (unpaired) electrons. The molecule has 2 aromatic rings. The second-order valence-electron chi connectivity index (χ2n) is 4.13. The van der Waals surface area contributed by atoms with Crippen LogP contribution < -0.4 is 9.47 Å². The van der Waals surface area contributed by atoms with Crippen LogP contribution in [0.3, 0.4) is 0 Å². The van der Waals surface area contributed by atoms with Crippen molar-refractivity contribution in [3.63, 3.8) is 0 Å². The van der Waals surface area contributed by atoms with E-state index >= 15 is 0 Å². The molecule has 3 rings (SSSR count). The van der Waals surface area contributed by atoms with Crippen molar-refractivity contribution in [2.75, 3.05) is 7.11 Å². The number of benzene rings is 1. The Labute approximate surface area is 109 Å². The topological polar surface area (TPSA) is 51.6 Å². The Morgan fingerprint density at radius 2 is 2.39 bits per heavy atom. The fourth-order valence-electron chi connectivity index (χ4n) is 2.09. The number of nitrogens with zero attached hydrogens (tertiary/aromatic N) is 1. The predicted molar refractivity (Wildman–Crippen MR) is 68.1 cm³/mol. The number of ether oxygens (including phenoxy) is 2. The number of hydrogen-bond acceptors (Lipinski definition) is 5. The number of aliphatic hydroxyl groups is 1. The molecule has 1 aliphatic heterocycles. The Hall–Kier alpha value is -1.59. The van der Waals surface area contributed by atoms with E-state index in [1.807, 2.05) is 17.5 Å². The molecule has 1 unspecified atom stereocenters. The molecule has 1 N–H and O–H groups in total. The van der Waals surface area contributed by atoms with Crippen molar-refractivity contribution in [1.82, 2.24) is 4.98 Å². The zero-order valence-electron chi connectivity index (χ0n) is 9.87. The first-order valence-corrected chi connectivity index (χ1v) is 6.58. The van der Waals surface area contributed by atoms with Crippen molar-refractivity contribution in [3.8, 4) is 11.5 Å². The van der Waals surface area contributed by atoms with Gasteiger partial charge in [-0.25, -0.2) is 4.98 Å². The van der Waals surface area contributed by atoms with Crippen LogP contribution >= 0.6 is 11.3 Å². The fraction of sp³-hybridized carbons (Fsp3) is 0.308. The molecule has 0 aliphatic carbocycles. The van der Waals surface area contributed by atoms with Crippen LogP contribution in [-0.4, -0.2) is 17.2 Å². The molecule has 1 aromatic carbocycles. The number of methoxy groups -OCH3 is 1. The van der Waals surface area contributed by atoms with Crippen LogP contribution in [0.4, 0.5) is 0 Å². The van der Waals surface area contributed by atoms with Crippen LogP contribution in [0.5, 0.6) is 11.5 Å². The first-order chi connectivity index (χ1) is 8.78. The van der Waals surface area contributed by atoms with Gasteiger partial charge in [-0.2, -0.15) is 0 Å². The third-order valence-corrected chi connectivity index (χ3v) is 3.88. The normalized spacial score (nSPS) is 22.1. The highest BCUT2D eigenvalue weighted by Gasteiger charge is 2.29. The zero-order valence-corrected chi connectivity index (χ0v) is 10.7. The maximum absolute atomic E-state index is 10.2. The molecule has 0 saturated carbocycles. The second-order valence-corrected chi connectivity index (χ2v) is 5.06. The molecule has 0 fully saturated rings. The molecular weight excluding hydrogens is 250 g/mol. The van der Waals surface area contributed by atoms with Gasteiger partial charge < -0.3 is 14.6 Å². The van der Waals surface area contributed by atoms with Crippen LogP contribution in [0.15, 0.2) is 29.8 Å². The van der Waals surface area contributed by atoms with Crippen molar-refractivity contribution < 1.29 is 14.6 Å². The summed E-state index contributed by atoms with van der Waals surface area (Å²) in [5.74, 6) is 1.40. The van der Waals surface area contributed by atoms with E-state index in [2.05, 4.69) is 4.98 Å². The van der Waals surface area contributed by atoms with Gasteiger partial charge in [-0.05, 0) is 12.1 Å². The van der Waals surface area contributed by atoms with Gasteiger partial charge in [0.05, 0.1) is 13.2 Å². The van der Waals surface area contributed by atoms with E-state index in [4.69, 9.17) is 9.47 Å². The smallest absolute Gasteiger partial charge is 0.153 e. The van der Waals surface area contributed by atoms with E-state index in [0.717, 1.165) is 16.3 Å². The third-order valence-electron chi connectivity index (χ3n) is 3.01. The Morgan fingerprint density at radius 3 is 3.11 bits per heavy atom. The Balaban J connectivity index is 1.95. The van der Waals surface area contributed by atoms with E-state index in [1.54, 1.807) is 19.4 Å². The van der Waals surface area contributed by atoms with Gasteiger partial charge in [0.25, 0.3) is 0 Å². The van der Waals surface area contributed by atoms with Gasteiger partial charge in [-0.15, -0.1) is 11.3 Å². The standard InChI is InChI=1S/C13H13NO3S/c1-16-8-2-3-9-10(15)7-12(17-11(9)6-8)13-14-4-5-18-13/h2-6,10,12,15H,7H2,1H3/t10-,12?/m0/s1. The van der Waals surface area contributed by atoms with Crippen LogP contribution in [-0.2, 0) is 0 Å². The lowest BCUT2D eigenvalue weighted by atomic mass is 9.99. The van der Waals surface area contributed by atoms with Gasteiger partial charge in [0.15, 0.2) is 6.10 Å². The lowest BCUT2D eigenvalue weighted by Crippen LogP contribution is -2.18. The maximum atomic E-state index is 10.2. The van der Waals surface area contributed by atoms with Gasteiger partial charge in [0.2, 0.25) is 0 Å². The summed E-state index contributed by atoms with van der Waals surface area (Å²) in [6.07, 6.45) is 1.58. The van der Waals surface area contributed by atoms with Crippen molar-refractivity contribution in [1.29, 1.82) is 0 Å². The minimum Gasteiger partial charge on any atom is -0.497 e. The highest BCUT2D eigenvalue weighted by molar-refractivity contribution is 7.09. The van der Waals surface area contributed by atoms with E-state index in [0.29, 0.717) is 12.2 Å². The number of rotatable bonds is 2. The second kappa shape index (κ2) is 4.59. The number of aromatic nitrogens is 1. The number of thiazole rings is 1. The third kappa shape index (κ3) is 1.95. The summed E-state index contributed by atoms with van der Waals surface area (Å²) in [7, 11) is 1.61. The SMILES string of the molecule is COc1ccc2c(c1)OC(c1nccs1)C[C@@H]2O. The Bertz CT molecular complexity index is 541. The van der Waals surface area contributed by atoms with Crippen LogP contribution in [0.1, 0.15) is 29.2 Å². The lowest BCUT2D eigenvalue weighted by molar-refractivity contribution is 0.0653. The molecule has 1 aromatic heterocycles. The summed E-state index contributed by atoms with van der Waals surface area (Å²) in [5.41, 5.74) is 0.809. The first-order valence-electron chi connectivity index (χ1n) is 5.70. The van der Waals surface area contributed by atoms with Crippen LogP contribution in [0.25, 0.3) is 0 Å². The molecule has 2 atom stereocenters. The molecular formula is C13H13NO3S. The predicted octanol–water partition coefficient (Wildman–Crippen LogP) is 2.71. The van der Waals surface area contributed by atoms with E-state index < -0.39 is 6.10 Å². The summed E-state index contributed by atoms with van der Waals surface area (Å²) in [4.78, 5) is 4.24. The van der Waals surface area contributed by atoms with Crippen LogP contribution in [0.2, 0.25) is 0 Å². The lowest BCUT2D eigenvalue weighted by Gasteiger charge is -2.28. The summed E-state index contributed by atoms with van der Waals surface area (Å²) < 4.78 is 11.1. The van der Waals surface area contributed by atoms with Gasteiger partial charge in [-0.1, -0.05) is 0 Å². The molecule has 2 heterocycles. The van der Waals surface area contributed by atoms with Crippen molar-refractivity contribution in [2.24, 2.45) is 0 Å². The summed E-state index contributed by atoms with van der Waals surface area (Å²) >= 11 is 1.54. The molecule has 1 aliphatic rings. The minimum atomic E-state index is -0.520. The van der Waals surface area contributed by atoms with Crippen molar-refractivity contribution >= 4 is 11.3 Å². The van der Waals surface area contributed by atoms with Gasteiger partial charge >= 0.3 is 0 Å². The largest absolute Gasteiger partial charge is 0.497 e. The Morgan fingerprint density at radius 1 is 1.50 bits per heavy atom. The Kier molecular flexibility index (Phi) is 2.93. The van der Waals surface area contributed by atoms with E-state index in [9.17, 15) is 5.11 Å². The molecule has 0 bridgehead atoms. The van der Waals surface area contributed by atoms with Gasteiger partial charge in [-0.3, -0.25) is 0 Å². The van der Waals surface area contributed by atoms with Crippen LogP contribution in [0, 0.1) is 0 Å². The molecule has 5 heteroatoms. The molecule has 0 saturated heterocycles. The van der Waals surface area contributed by atoms with E-state index in [-0.39, 0.29) is 6.10 Å². The fourth-order valence-corrected chi connectivity index (χ4v) is 2.77. The number of hydrogen-bond donors (Lipinski definition) is 1. The summed E-state index contributed by atoms with van der Waals surface area (Å²) in [6.45, 7) is 0. The van der Waals surface area contributed by atoms with E-state index in [1.165, 1.54) is 11.3 Å². The average Bonchev–Trinajstić information content (AvgIpc) is 2.91. The number of fused-ring (bicyclic) bond motifs is 1. The van der Waals surface area contributed by atoms with Crippen molar-refractivity contribution in [2.45, 2.75) is 18.6 Å². The quantitative estimate of drug-likeness (QED) is 0.905. The molecule has 0 spiro atoms. The number of aliphatic hydroxyl groups excluding tert-OH is 1. The van der Waals surface area contributed by atoms with Gasteiger partial charge in [0, 0.05) is 29.6 Å². The summed E-state index contributed by atoms with van der Waals surface area (Å²) in [5, 5.41) is 13.0. The average molecular weight is 263 g/mol. The molecule has 4 nitrogen and oxygen atoms in total. The zero-order chi connectivity index (χ0) is 12.5. The van der Waals surface area contributed by atoms with Gasteiger partial charge in [0.1, 0.15) is 16.5 Å². The molecule has 18 heavy (non-hydrogen) atoms. The maximum Gasteiger partial charge on any atom is 0.153 e. The molecule has 0 amide bonds. The minimum absolute atomic E-state index is 0.181. The highest BCUT2D eigenvalue weighted by Crippen LogP contribution is 2.42. The first kappa shape index (κ1) is 11.5. The molecule has 94 valence electrons. The highest BCUT2D eigenvalue weighted by atomic mass is 32.1.